The molecule has 2 aromatic carbocycles. The Morgan fingerprint density at radius 3 is 2.30 bits per heavy atom. The molecule has 3 heterocycles. The molecule has 0 spiro atoms. The lowest BCUT2D eigenvalue weighted by Gasteiger charge is -2.38. The number of anilines is 1. The SMILES string of the molecule is O=S(=O)(c1ccccc1)c1cnc2c(N3CCC(N4CCCC4)CC3)cccc2c1. The van der Waals surface area contributed by atoms with Crippen molar-refractivity contribution < 1.29 is 8.42 Å². The fourth-order valence-corrected chi connectivity index (χ4v) is 6.10. The van der Waals surface area contributed by atoms with Gasteiger partial charge in [0, 0.05) is 30.7 Å². The first-order valence-corrected chi connectivity index (χ1v) is 12.3. The molecule has 0 saturated carbocycles. The first kappa shape index (κ1) is 19.5. The van der Waals surface area contributed by atoms with Gasteiger partial charge in [-0.15, -0.1) is 0 Å². The van der Waals surface area contributed by atoms with Crippen LogP contribution in [-0.2, 0) is 9.84 Å². The van der Waals surface area contributed by atoms with Gasteiger partial charge in [0.2, 0.25) is 9.84 Å². The van der Waals surface area contributed by atoms with Gasteiger partial charge in [0.25, 0.3) is 0 Å². The van der Waals surface area contributed by atoms with Crippen molar-refractivity contribution in [3.63, 3.8) is 0 Å². The fraction of sp³-hybridized carbons (Fsp3) is 0.375. The van der Waals surface area contributed by atoms with Crippen molar-refractivity contribution in [3.05, 3.63) is 60.8 Å². The number of likely N-dealkylation sites (tertiary alicyclic amines) is 1. The van der Waals surface area contributed by atoms with Crippen molar-refractivity contribution in [1.82, 2.24) is 9.88 Å². The lowest BCUT2D eigenvalue weighted by Crippen LogP contribution is -2.43. The van der Waals surface area contributed by atoms with Crippen LogP contribution in [-0.4, -0.2) is 50.5 Å². The summed E-state index contributed by atoms with van der Waals surface area (Å²) in [5.74, 6) is 0. The Morgan fingerprint density at radius 2 is 1.57 bits per heavy atom. The number of piperidine rings is 1. The average Bonchev–Trinajstić information content (AvgIpc) is 3.34. The zero-order chi connectivity index (χ0) is 20.6. The molecule has 0 unspecified atom stereocenters. The number of hydrogen-bond acceptors (Lipinski definition) is 5. The molecule has 2 aliphatic heterocycles. The molecule has 5 rings (SSSR count). The molecule has 0 aliphatic carbocycles. The largest absolute Gasteiger partial charge is 0.370 e. The monoisotopic (exact) mass is 421 g/mol. The first-order chi connectivity index (χ1) is 14.6. The van der Waals surface area contributed by atoms with E-state index in [1.165, 1.54) is 45.0 Å². The van der Waals surface area contributed by atoms with Crippen molar-refractivity contribution in [2.75, 3.05) is 31.1 Å². The van der Waals surface area contributed by atoms with Crippen LogP contribution in [0.1, 0.15) is 25.7 Å². The third kappa shape index (κ3) is 3.59. The summed E-state index contributed by atoms with van der Waals surface area (Å²) >= 11 is 0. The minimum Gasteiger partial charge on any atom is -0.370 e. The molecule has 0 bridgehead atoms. The summed E-state index contributed by atoms with van der Waals surface area (Å²) < 4.78 is 25.9. The van der Waals surface area contributed by atoms with Crippen molar-refractivity contribution in [1.29, 1.82) is 0 Å². The molecule has 2 fully saturated rings. The number of benzene rings is 2. The quantitative estimate of drug-likeness (QED) is 0.634. The zero-order valence-electron chi connectivity index (χ0n) is 17.1. The number of aromatic nitrogens is 1. The number of pyridine rings is 1. The molecule has 0 N–H and O–H groups in total. The van der Waals surface area contributed by atoms with Gasteiger partial charge in [-0.25, -0.2) is 8.42 Å². The maximum atomic E-state index is 13.0. The third-order valence-electron chi connectivity index (χ3n) is 6.49. The molecule has 0 radical (unpaired) electrons. The topological polar surface area (TPSA) is 53.5 Å². The molecule has 6 heteroatoms. The number of rotatable bonds is 4. The average molecular weight is 422 g/mol. The van der Waals surface area contributed by atoms with Crippen LogP contribution in [0.25, 0.3) is 10.9 Å². The first-order valence-electron chi connectivity index (χ1n) is 10.8. The van der Waals surface area contributed by atoms with Crippen LogP contribution < -0.4 is 4.90 Å². The molecule has 1 aromatic heterocycles. The molecule has 30 heavy (non-hydrogen) atoms. The maximum Gasteiger partial charge on any atom is 0.208 e. The Morgan fingerprint density at radius 1 is 0.833 bits per heavy atom. The van der Waals surface area contributed by atoms with E-state index < -0.39 is 9.84 Å². The van der Waals surface area contributed by atoms with Crippen molar-refractivity contribution in [3.8, 4) is 0 Å². The van der Waals surface area contributed by atoms with E-state index >= 15 is 0 Å². The Bertz CT molecular complexity index is 1130. The molecule has 2 aliphatic rings. The summed E-state index contributed by atoms with van der Waals surface area (Å²) in [6.45, 7) is 4.54. The summed E-state index contributed by atoms with van der Waals surface area (Å²) in [7, 11) is -3.57. The van der Waals surface area contributed by atoms with Gasteiger partial charge in [0.1, 0.15) is 0 Å². The van der Waals surface area contributed by atoms with Crippen molar-refractivity contribution >= 4 is 26.4 Å². The second kappa shape index (κ2) is 8.00. The number of fused-ring (bicyclic) bond motifs is 1. The summed E-state index contributed by atoms with van der Waals surface area (Å²) in [4.78, 5) is 10.2. The highest BCUT2D eigenvalue weighted by Crippen LogP contribution is 2.31. The van der Waals surface area contributed by atoms with Crippen LogP contribution in [0.2, 0.25) is 0 Å². The highest BCUT2D eigenvalue weighted by atomic mass is 32.2. The second-order valence-corrected chi connectivity index (χ2v) is 10.2. The number of nitrogens with zero attached hydrogens (tertiary/aromatic N) is 3. The van der Waals surface area contributed by atoms with Crippen LogP contribution in [0, 0.1) is 0 Å². The Hall–Kier alpha value is -2.44. The molecule has 2 saturated heterocycles. The number of sulfone groups is 1. The predicted octanol–water partition coefficient (Wildman–Crippen LogP) is 4.13. The Balaban J connectivity index is 1.41. The van der Waals surface area contributed by atoms with Gasteiger partial charge in [0.15, 0.2) is 0 Å². The zero-order valence-corrected chi connectivity index (χ0v) is 17.9. The third-order valence-corrected chi connectivity index (χ3v) is 8.23. The van der Waals surface area contributed by atoms with Gasteiger partial charge in [-0.3, -0.25) is 4.98 Å². The predicted molar refractivity (Wildman–Crippen MR) is 120 cm³/mol. The van der Waals surface area contributed by atoms with Crippen molar-refractivity contribution in [2.45, 2.75) is 41.5 Å². The van der Waals surface area contributed by atoms with Gasteiger partial charge in [-0.05, 0) is 63.0 Å². The van der Waals surface area contributed by atoms with Gasteiger partial charge in [-0.2, -0.15) is 0 Å². The van der Waals surface area contributed by atoms with Gasteiger partial charge >= 0.3 is 0 Å². The highest BCUT2D eigenvalue weighted by molar-refractivity contribution is 7.91. The van der Waals surface area contributed by atoms with E-state index in [0.29, 0.717) is 10.9 Å². The molecule has 5 nitrogen and oxygen atoms in total. The van der Waals surface area contributed by atoms with Crippen LogP contribution in [0.4, 0.5) is 5.69 Å². The van der Waals surface area contributed by atoms with Crippen LogP contribution >= 0.6 is 0 Å². The number of para-hydroxylation sites is 1. The number of hydrogen-bond donors (Lipinski definition) is 0. The Labute approximate surface area is 178 Å². The maximum absolute atomic E-state index is 13.0. The minimum absolute atomic E-state index is 0.242. The summed E-state index contributed by atoms with van der Waals surface area (Å²) in [5.41, 5.74) is 1.99. The fourth-order valence-electron chi connectivity index (χ4n) is 4.84. The van der Waals surface area contributed by atoms with Gasteiger partial charge in [-0.1, -0.05) is 30.3 Å². The molecule has 0 atom stereocenters. The van der Waals surface area contributed by atoms with E-state index in [1.54, 1.807) is 30.3 Å². The summed E-state index contributed by atoms with van der Waals surface area (Å²) in [6.07, 6.45) is 6.53. The van der Waals surface area contributed by atoms with Crippen LogP contribution in [0.15, 0.2) is 70.6 Å². The summed E-state index contributed by atoms with van der Waals surface area (Å²) in [5, 5.41) is 0.867. The highest BCUT2D eigenvalue weighted by Gasteiger charge is 2.27. The normalized spacial score (nSPS) is 18.9. The van der Waals surface area contributed by atoms with E-state index in [0.717, 1.165) is 29.7 Å². The van der Waals surface area contributed by atoms with Crippen LogP contribution in [0.3, 0.4) is 0 Å². The second-order valence-electron chi connectivity index (χ2n) is 8.30. The molecule has 0 amide bonds. The summed E-state index contributed by atoms with van der Waals surface area (Å²) in [6, 6.07) is 17.1. The van der Waals surface area contributed by atoms with Crippen molar-refractivity contribution in [2.24, 2.45) is 0 Å². The van der Waals surface area contributed by atoms with E-state index in [1.807, 2.05) is 18.2 Å². The van der Waals surface area contributed by atoms with E-state index in [9.17, 15) is 8.42 Å². The lowest BCUT2D eigenvalue weighted by atomic mass is 10.0. The van der Waals surface area contributed by atoms with Gasteiger partial charge in [0.05, 0.1) is 21.0 Å². The molecule has 3 aromatic rings. The lowest BCUT2D eigenvalue weighted by molar-refractivity contribution is 0.208. The van der Waals surface area contributed by atoms with E-state index in [2.05, 4.69) is 20.9 Å². The minimum atomic E-state index is -3.57. The smallest absolute Gasteiger partial charge is 0.208 e. The standard InChI is InChI=1S/C24H27N3O2S/c28-30(29,21-8-2-1-3-9-21)22-17-19-7-6-10-23(24(19)25-18-22)27-15-11-20(12-16-27)26-13-4-5-14-26/h1-3,6-10,17-18,20H,4-5,11-16H2. The molecular weight excluding hydrogens is 394 g/mol. The van der Waals surface area contributed by atoms with Gasteiger partial charge < -0.3 is 9.80 Å². The van der Waals surface area contributed by atoms with E-state index in [-0.39, 0.29) is 4.90 Å². The van der Waals surface area contributed by atoms with Crippen LogP contribution in [0.5, 0.6) is 0 Å². The Kier molecular flexibility index (Phi) is 5.21. The molecular formula is C24H27N3O2S. The molecule has 156 valence electrons. The van der Waals surface area contributed by atoms with E-state index in [4.69, 9.17) is 0 Å².